The van der Waals surface area contributed by atoms with E-state index in [9.17, 15) is 0 Å². The smallest absolute Gasteiger partial charge is 0.264 e. The van der Waals surface area contributed by atoms with Crippen molar-refractivity contribution in [3.05, 3.63) is 0 Å². The van der Waals surface area contributed by atoms with Crippen LogP contribution in [0.25, 0.3) is 11.6 Å². The zero-order chi connectivity index (χ0) is 8.55. The van der Waals surface area contributed by atoms with Gasteiger partial charge in [-0.1, -0.05) is 9.69 Å². The average molecular weight is 211 g/mol. The van der Waals surface area contributed by atoms with Crippen LogP contribution in [0, 0.1) is 0 Å². The Bertz CT molecular complexity index is 358. The summed E-state index contributed by atoms with van der Waals surface area (Å²) in [5, 5.41) is 36.9. The molecule has 0 aliphatic heterocycles. The molecule has 0 unspecified atom stereocenters. The summed E-state index contributed by atoms with van der Waals surface area (Å²) in [5.74, 6) is -0.301. The molecule has 2 rings (SSSR count). The van der Waals surface area contributed by atoms with Crippen LogP contribution in [0.3, 0.4) is 0 Å². The van der Waals surface area contributed by atoms with Crippen LogP contribution >= 0.6 is 0 Å². The van der Waals surface area contributed by atoms with Crippen molar-refractivity contribution in [1.29, 1.82) is 0 Å². The van der Waals surface area contributed by atoms with Gasteiger partial charge in [-0.05, 0) is 20.9 Å². The maximum atomic E-state index is 8.91. The SMILES string of the molecule is O.On1nnnc1-c1nnnn1O.[Na]. The van der Waals surface area contributed by atoms with E-state index in [1.165, 1.54) is 0 Å². The van der Waals surface area contributed by atoms with E-state index in [2.05, 4.69) is 31.1 Å². The summed E-state index contributed by atoms with van der Waals surface area (Å²) >= 11 is 0. The molecule has 1 radical (unpaired) electrons. The number of hydrogen-bond donors (Lipinski definition) is 2. The zero-order valence-corrected chi connectivity index (χ0v) is 8.97. The van der Waals surface area contributed by atoms with Crippen molar-refractivity contribution >= 4 is 29.6 Å². The maximum Gasteiger partial charge on any atom is 0.264 e. The minimum absolute atomic E-state index is 0. The Morgan fingerprint density at radius 1 is 0.857 bits per heavy atom. The molecule has 0 spiro atoms. The van der Waals surface area contributed by atoms with Crippen LogP contribution in [-0.4, -0.2) is 86.2 Å². The molecular formula is C2H4N8NaO3. The van der Waals surface area contributed by atoms with Crippen molar-refractivity contribution in [2.75, 3.05) is 0 Å². The Kier molecular flexibility index (Phi) is 4.36. The predicted octanol–water partition coefficient (Wildman–Crippen LogP) is -3.40. The number of tetrazole rings is 2. The molecule has 2 heterocycles. The van der Waals surface area contributed by atoms with E-state index >= 15 is 0 Å². The fraction of sp³-hybridized carbons (Fsp3) is 0. The molecule has 14 heavy (non-hydrogen) atoms. The van der Waals surface area contributed by atoms with Crippen LogP contribution in [0.4, 0.5) is 0 Å². The van der Waals surface area contributed by atoms with Crippen molar-refractivity contribution in [3.8, 4) is 11.6 Å². The fourth-order valence-electron chi connectivity index (χ4n) is 0.634. The summed E-state index contributed by atoms with van der Waals surface area (Å²) < 4.78 is 0. The number of rotatable bonds is 1. The van der Waals surface area contributed by atoms with Crippen molar-refractivity contribution in [3.63, 3.8) is 0 Å². The van der Waals surface area contributed by atoms with Crippen LogP contribution in [0.15, 0.2) is 0 Å². The molecule has 2 aromatic heterocycles. The largest absolute Gasteiger partial charge is 0.412 e. The molecular weight excluding hydrogens is 207 g/mol. The Balaban J connectivity index is 0.000000845. The van der Waals surface area contributed by atoms with Gasteiger partial charge in [0.25, 0.3) is 11.6 Å². The van der Waals surface area contributed by atoms with Gasteiger partial charge in [-0.3, -0.25) is 0 Å². The summed E-state index contributed by atoms with van der Waals surface area (Å²) in [6, 6.07) is 0. The van der Waals surface area contributed by atoms with Crippen LogP contribution in [0.2, 0.25) is 0 Å². The third kappa shape index (κ3) is 1.95. The first-order valence-corrected chi connectivity index (χ1v) is 2.74. The van der Waals surface area contributed by atoms with Crippen LogP contribution < -0.4 is 0 Å². The van der Waals surface area contributed by atoms with Gasteiger partial charge in [0.05, 0.1) is 0 Å². The second-order valence-corrected chi connectivity index (χ2v) is 1.78. The monoisotopic (exact) mass is 211 g/mol. The van der Waals surface area contributed by atoms with Crippen molar-refractivity contribution < 1.29 is 15.9 Å². The summed E-state index contributed by atoms with van der Waals surface area (Å²) in [5.41, 5.74) is 0. The van der Waals surface area contributed by atoms with E-state index < -0.39 is 0 Å². The van der Waals surface area contributed by atoms with Gasteiger partial charge >= 0.3 is 0 Å². The van der Waals surface area contributed by atoms with Gasteiger partial charge in [-0.15, -0.1) is 10.2 Å². The van der Waals surface area contributed by atoms with E-state index in [0.717, 1.165) is 0 Å². The van der Waals surface area contributed by atoms with E-state index in [1.807, 2.05) is 0 Å². The van der Waals surface area contributed by atoms with Gasteiger partial charge in [-0.25, -0.2) is 0 Å². The number of nitrogens with zero attached hydrogens (tertiary/aromatic N) is 8. The van der Waals surface area contributed by atoms with E-state index in [1.54, 1.807) is 0 Å². The molecule has 71 valence electrons. The predicted molar refractivity (Wildman–Crippen MR) is 38.4 cm³/mol. The topological polar surface area (TPSA) is 159 Å². The first-order valence-electron chi connectivity index (χ1n) is 2.74. The summed E-state index contributed by atoms with van der Waals surface area (Å²) in [7, 11) is 0. The molecule has 0 atom stereocenters. The third-order valence-electron chi connectivity index (χ3n) is 1.11. The molecule has 0 fully saturated rings. The quantitative estimate of drug-likeness (QED) is 0.364. The molecule has 0 saturated carbocycles. The van der Waals surface area contributed by atoms with E-state index in [-0.39, 0.29) is 46.7 Å². The van der Waals surface area contributed by atoms with E-state index in [0.29, 0.717) is 9.69 Å². The summed E-state index contributed by atoms with van der Waals surface area (Å²) in [6.07, 6.45) is 0. The molecule has 0 saturated heterocycles. The zero-order valence-electron chi connectivity index (χ0n) is 6.97. The molecule has 0 aliphatic carbocycles. The molecule has 0 aromatic carbocycles. The van der Waals surface area contributed by atoms with Gasteiger partial charge < -0.3 is 15.9 Å². The van der Waals surface area contributed by atoms with Crippen LogP contribution in [0.5, 0.6) is 0 Å². The van der Waals surface area contributed by atoms with Crippen LogP contribution in [0.1, 0.15) is 0 Å². The van der Waals surface area contributed by atoms with Crippen molar-refractivity contribution in [1.82, 2.24) is 40.7 Å². The molecule has 2 aromatic rings. The van der Waals surface area contributed by atoms with Gasteiger partial charge in [0.15, 0.2) is 0 Å². The van der Waals surface area contributed by atoms with Crippen molar-refractivity contribution in [2.24, 2.45) is 0 Å². The minimum atomic E-state index is -0.150. The number of aromatic nitrogens is 8. The standard InChI is InChI=1S/C2H2N8O2.Na.H2O/c11-9-1(3-5-7-9)2-4-6-8-10(2)12;;/h11-12H;;1H2. The van der Waals surface area contributed by atoms with Gasteiger partial charge in [0.1, 0.15) is 0 Å². The minimum Gasteiger partial charge on any atom is -0.412 e. The van der Waals surface area contributed by atoms with Gasteiger partial charge in [0.2, 0.25) is 0 Å². The van der Waals surface area contributed by atoms with E-state index in [4.69, 9.17) is 10.4 Å². The summed E-state index contributed by atoms with van der Waals surface area (Å²) in [4.78, 5) is 0.691. The fourth-order valence-corrected chi connectivity index (χ4v) is 0.634. The Morgan fingerprint density at radius 3 is 1.43 bits per heavy atom. The van der Waals surface area contributed by atoms with Crippen molar-refractivity contribution in [2.45, 2.75) is 0 Å². The molecule has 11 nitrogen and oxygen atoms in total. The Morgan fingerprint density at radius 2 is 1.21 bits per heavy atom. The number of hydrogen-bond acceptors (Lipinski definition) is 8. The Labute approximate surface area is 97.8 Å². The molecule has 12 heteroatoms. The second kappa shape index (κ2) is 4.80. The van der Waals surface area contributed by atoms with Gasteiger partial charge in [-0.2, -0.15) is 0 Å². The molecule has 0 bridgehead atoms. The third-order valence-corrected chi connectivity index (χ3v) is 1.11. The summed E-state index contributed by atoms with van der Waals surface area (Å²) in [6.45, 7) is 0. The normalized spacial score (nSPS) is 8.86. The van der Waals surface area contributed by atoms with Crippen LogP contribution in [-0.2, 0) is 0 Å². The first kappa shape index (κ1) is 12.7. The molecule has 0 amide bonds. The average Bonchev–Trinajstić information content (AvgIpc) is 2.59. The molecule has 0 aliphatic rings. The Hall–Kier alpha value is -1.30. The second-order valence-electron chi connectivity index (χ2n) is 1.78. The van der Waals surface area contributed by atoms with Gasteiger partial charge in [0, 0.05) is 29.6 Å². The maximum absolute atomic E-state index is 8.91. The molecule has 4 N–H and O–H groups in total. The first-order chi connectivity index (χ1) is 5.79.